The summed E-state index contributed by atoms with van der Waals surface area (Å²) in [5.74, 6) is 0. The molecule has 2 aromatic rings. The number of aryl methyl sites for hydroxylation is 3. The molecule has 9 heteroatoms. The van der Waals surface area contributed by atoms with Crippen molar-refractivity contribution in [1.29, 1.82) is 0 Å². The van der Waals surface area contributed by atoms with Crippen LogP contribution in [0.4, 0.5) is 0 Å². The molecule has 27 heavy (non-hydrogen) atoms. The minimum absolute atomic E-state index is 0.439. The van der Waals surface area contributed by atoms with Crippen molar-refractivity contribution in [2.24, 2.45) is 0 Å². The maximum Gasteiger partial charge on any atom is 0.243 e. The van der Waals surface area contributed by atoms with Gasteiger partial charge in [-0.25, -0.2) is 13.1 Å². The largest absolute Gasteiger partial charge is 0.282 e. The number of aromatic nitrogens is 2. The summed E-state index contributed by atoms with van der Waals surface area (Å²) in [6.07, 6.45) is 4.39. The third kappa shape index (κ3) is 4.02. The van der Waals surface area contributed by atoms with Crippen LogP contribution in [0.1, 0.15) is 29.0 Å². The fourth-order valence-electron chi connectivity index (χ4n) is 3.82. The van der Waals surface area contributed by atoms with Crippen LogP contribution in [0.5, 0.6) is 0 Å². The molecule has 0 radical (unpaired) electrons. The zero-order valence-electron chi connectivity index (χ0n) is 15.4. The average Bonchev–Trinajstić information content (AvgIpc) is 2.98. The van der Waals surface area contributed by atoms with E-state index in [9.17, 15) is 8.42 Å². The molecule has 0 atom stereocenters. The average molecular weight is 425 g/mol. The van der Waals surface area contributed by atoms with Crippen molar-refractivity contribution in [3.63, 3.8) is 0 Å². The lowest BCUT2D eigenvalue weighted by molar-refractivity contribution is 0.145. The number of sulfonamides is 1. The fourth-order valence-corrected chi connectivity index (χ4v) is 6.35. The van der Waals surface area contributed by atoms with Crippen molar-refractivity contribution in [1.82, 2.24) is 19.0 Å². The van der Waals surface area contributed by atoms with Crippen molar-refractivity contribution in [2.45, 2.75) is 44.2 Å². The van der Waals surface area contributed by atoms with E-state index in [1.165, 1.54) is 28.9 Å². The normalized spacial score (nSPS) is 19.1. The second-order valence-electron chi connectivity index (χ2n) is 7.19. The Balaban J connectivity index is 1.44. The van der Waals surface area contributed by atoms with Crippen LogP contribution < -0.4 is 0 Å². The summed E-state index contributed by atoms with van der Waals surface area (Å²) < 4.78 is 30.3. The minimum atomic E-state index is -3.43. The van der Waals surface area contributed by atoms with Gasteiger partial charge in [0.15, 0.2) is 3.95 Å². The molecule has 1 aromatic heterocycles. The fraction of sp³-hybridized carbons (Fsp3) is 0.556. The molecule has 0 N–H and O–H groups in total. The van der Waals surface area contributed by atoms with E-state index in [0.717, 1.165) is 28.2 Å². The molecule has 0 saturated carbocycles. The second kappa shape index (κ2) is 7.71. The Labute approximate surface area is 169 Å². The Kier molecular flexibility index (Phi) is 5.48. The molecule has 0 amide bonds. The Morgan fingerprint density at radius 2 is 1.81 bits per heavy atom. The molecule has 1 aromatic carbocycles. The Bertz CT molecular complexity index is 988. The quantitative estimate of drug-likeness (QED) is 0.707. The molecule has 0 spiro atoms. The first-order chi connectivity index (χ1) is 12.9. The molecule has 1 aliphatic carbocycles. The molecule has 1 fully saturated rings. The lowest BCUT2D eigenvalue weighted by atomic mass is 9.92. The predicted octanol–water partition coefficient (Wildman–Crippen LogP) is 2.83. The molecule has 0 bridgehead atoms. The highest BCUT2D eigenvalue weighted by Crippen LogP contribution is 2.26. The number of hydrogen-bond donors (Lipinski definition) is 0. The van der Waals surface area contributed by atoms with E-state index in [2.05, 4.69) is 10.00 Å². The van der Waals surface area contributed by atoms with Crippen LogP contribution in [-0.4, -0.2) is 53.6 Å². The maximum absolute atomic E-state index is 13.1. The van der Waals surface area contributed by atoms with Crippen molar-refractivity contribution < 1.29 is 8.42 Å². The van der Waals surface area contributed by atoms with E-state index >= 15 is 0 Å². The van der Waals surface area contributed by atoms with Crippen molar-refractivity contribution in [2.75, 3.05) is 26.2 Å². The molecule has 1 aliphatic heterocycles. The summed E-state index contributed by atoms with van der Waals surface area (Å²) in [6, 6.07) is 5.68. The number of benzene rings is 1. The van der Waals surface area contributed by atoms with E-state index in [-0.39, 0.29) is 0 Å². The highest BCUT2D eigenvalue weighted by Gasteiger charge is 2.29. The van der Waals surface area contributed by atoms with E-state index in [0.29, 0.717) is 37.7 Å². The van der Waals surface area contributed by atoms with Gasteiger partial charge in [0.1, 0.15) is 5.01 Å². The lowest BCUT2D eigenvalue weighted by Gasteiger charge is -2.33. The Hall–Kier alpha value is -1.13. The highest BCUT2D eigenvalue weighted by molar-refractivity contribution is 7.89. The van der Waals surface area contributed by atoms with Gasteiger partial charge in [-0.1, -0.05) is 17.4 Å². The molecule has 0 unspecified atom stereocenters. The second-order valence-corrected chi connectivity index (χ2v) is 11.0. The number of piperazine rings is 1. The van der Waals surface area contributed by atoms with Crippen molar-refractivity contribution in [3.8, 4) is 0 Å². The third-order valence-corrected chi connectivity index (χ3v) is 8.45. The van der Waals surface area contributed by atoms with E-state index < -0.39 is 10.0 Å². The van der Waals surface area contributed by atoms with Gasteiger partial charge in [0, 0.05) is 26.2 Å². The maximum atomic E-state index is 13.1. The van der Waals surface area contributed by atoms with Gasteiger partial charge >= 0.3 is 0 Å². The Morgan fingerprint density at radius 3 is 2.48 bits per heavy atom. The summed E-state index contributed by atoms with van der Waals surface area (Å²) in [5.41, 5.74) is 2.51. The van der Waals surface area contributed by atoms with Gasteiger partial charge in [-0.05, 0) is 68.1 Å². The molecule has 6 nitrogen and oxygen atoms in total. The van der Waals surface area contributed by atoms with Crippen LogP contribution in [0, 0.1) is 10.9 Å². The number of rotatable bonds is 4. The van der Waals surface area contributed by atoms with E-state index in [4.69, 9.17) is 12.2 Å². The summed E-state index contributed by atoms with van der Waals surface area (Å²) in [7, 11) is -3.43. The molecule has 4 rings (SSSR count). The molecule has 1 saturated heterocycles. The minimum Gasteiger partial charge on any atom is -0.282 e. The van der Waals surface area contributed by atoms with Crippen LogP contribution in [0.25, 0.3) is 0 Å². The van der Waals surface area contributed by atoms with Crippen molar-refractivity contribution >= 4 is 33.6 Å². The SMILES string of the molecule is Cc1nn(CN2CCN(S(=O)(=O)c3ccc4c(c3)CCCC4)CC2)c(=S)s1. The van der Waals surface area contributed by atoms with Gasteiger partial charge in [0.25, 0.3) is 0 Å². The standard InChI is InChI=1S/C18H24N4O2S3/c1-14-19-22(18(25)26-14)13-20-8-10-21(11-9-20)27(23,24)17-7-6-15-4-2-3-5-16(15)12-17/h6-7,12H,2-5,8-11,13H2,1H3. The van der Waals surface area contributed by atoms with Gasteiger partial charge in [0.05, 0.1) is 11.6 Å². The first kappa shape index (κ1) is 19.2. The smallest absolute Gasteiger partial charge is 0.243 e. The molecule has 2 aliphatic rings. The van der Waals surface area contributed by atoms with E-state index in [1.807, 2.05) is 23.7 Å². The van der Waals surface area contributed by atoms with Crippen LogP contribution >= 0.6 is 23.6 Å². The molecule has 2 heterocycles. The summed E-state index contributed by atoms with van der Waals surface area (Å²) in [5, 5.41) is 5.37. The van der Waals surface area contributed by atoms with Crippen LogP contribution in [0.2, 0.25) is 0 Å². The number of hydrogen-bond acceptors (Lipinski definition) is 6. The van der Waals surface area contributed by atoms with Gasteiger partial charge in [-0.15, -0.1) is 0 Å². The molecular formula is C18H24N4O2S3. The first-order valence-corrected chi connectivity index (χ1v) is 12.0. The Morgan fingerprint density at radius 1 is 1.11 bits per heavy atom. The van der Waals surface area contributed by atoms with Crippen molar-refractivity contribution in [3.05, 3.63) is 38.3 Å². The molecule has 146 valence electrons. The summed E-state index contributed by atoms with van der Waals surface area (Å²) >= 11 is 6.83. The zero-order chi connectivity index (χ0) is 19.0. The topological polar surface area (TPSA) is 58.4 Å². The number of nitrogens with zero attached hydrogens (tertiary/aromatic N) is 4. The third-order valence-electron chi connectivity index (χ3n) is 5.33. The van der Waals surface area contributed by atoms with Gasteiger partial charge in [-0.3, -0.25) is 4.90 Å². The zero-order valence-corrected chi connectivity index (χ0v) is 17.9. The van der Waals surface area contributed by atoms with Gasteiger partial charge in [0.2, 0.25) is 10.0 Å². The summed E-state index contributed by atoms with van der Waals surface area (Å²) in [4.78, 5) is 2.64. The summed E-state index contributed by atoms with van der Waals surface area (Å²) in [6.45, 7) is 4.92. The van der Waals surface area contributed by atoms with Crippen LogP contribution in [-0.2, 0) is 29.5 Å². The lowest BCUT2D eigenvalue weighted by Crippen LogP contribution is -2.48. The first-order valence-electron chi connectivity index (χ1n) is 9.32. The number of fused-ring (bicyclic) bond motifs is 1. The molecular weight excluding hydrogens is 400 g/mol. The van der Waals surface area contributed by atoms with E-state index in [1.54, 1.807) is 10.4 Å². The highest BCUT2D eigenvalue weighted by atomic mass is 32.2. The van der Waals surface area contributed by atoms with Gasteiger partial charge < -0.3 is 0 Å². The monoisotopic (exact) mass is 424 g/mol. The van der Waals surface area contributed by atoms with Gasteiger partial charge in [-0.2, -0.15) is 9.40 Å². The van der Waals surface area contributed by atoms with Crippen LogP contribution in [0.15, 0.2) is 23.1 Å². The predicted molar refractivity (Wildman–Crippen MR) is 109 cm³/mol. The van der Waals surface area contributed by atoms with Crippen LogP contribution in [0.3, 0.4) is 0 Å².